The van der Waals surface area contributed by atoms with Crippen LogP contribution in [-0.4, -0.2) is 54.3 Å². The van der Waals surface area contributed by atoms with E-state index in [2.05, 4.69) is 10.2 Å². The molecular weight excluding hydrogens is 338 g/mol. The van der Waals surface area contributed by atoms with E-state index in [1.807, 2.05) is 35.2 Å². The van der Waals surface area contributed by atoms with Crippen LogP contribution in [0.2, 0.25) is 5.02 Å². The van der Waals surface area contributed by atoms with Gasteiger partial charge in [0.2, 0.25) is 5.91 Å². The Morgan fingerprint density at radius 3 is 2.36 bits per heavy atom. The normalized spacial score (nSPS) is 15.0. The lowest BCUT2D eigenvalue weighted by molar-refractivity contribution is -0.117. The van der Waals surface area contributed by atoms with E-state index in [4.69, 9.17) is 11.6 Å². The standard InChI is InChI=1S/C19H20ClN3O2/c20-16-7-4-8-17(13-16)21-18(24)14-22-9-11-23(12-10-22)19(25)15-5-2-1-3-6-15/h1-8,13H,9-12,14H2,(H,21,24). The molecule has 1 aliphatic heterocycles. The van der Waals surface area contributed by atoms with E-state index in [0.717, 1.165) is 0 Å². The van der Waals surface area contributed by atoms with Crippen molar-refractivity contribution in [3.63, 3.8) is 0 Å². The fourth-order valence-corrected chi connectivity index (χ4v) is 3.03. The van der Waals surface area contributed by atoms with Gasteiger partial charge in [0, 0.05) is 42.5 Å². The largest absolute Gasteiger partial charge is 0.336 e. The second-order valence-electron chi connectivity index (χ2n) is 5.99. The molecule has 3 rings (SSSR count). The molecule has 0 atom stereocenters. The maximum atomic E-state index is 12.4. The van der Waals surface area contributed by atoms with Crippen LogP contribution in [0, 0.1) is 0 Å². The van der Waals surface area contributed by atoms with Crippen LogP contribution in [0.5, 0.6) is 0 Å². The van der Waals surface area contributed by atoms with Gasteiger partial charge in [-0.05, 0) is 30.3 Å². The first-order valence-corrected chi connectivity index (χ1v) is 8.62. The Hall–Kier alpha value is -2.37. The van der Waals surface area contributed by atoms with E-state index < -0.39 is 0 Å². The van der Waals surface area contributed by atoms with E-state index >= 15 is 0 Å². The Kier molecular flexibility index (Phi) is 5.68. The van der Waals surface area contributed by atoms with Crippen molar-refractivity contribution in [3.8, 4) is 0 Å². The number of hydrogen-bond acceptors (Lipinski definition) is 3. The van der Waals surface area contributed by atoms with Gasteiger partial charge in [0.25, 0.3) is 5.91 Å². The quantitative estimate of drug-likeness (QED) is 0.915. The summed E-state index contributed by atoms with van der Waals surface area (Å²) >= 11 is 5.92. The maximum Gasteiger partial charge on any atom is 0.253 e. The first kappa shape index (κ1) is 17.5. The van der Waals surface area contributed by atoms with Crippen LogP contribution < -0.4 is 5.32 Å². The van der Waals surface area contributed by atoms with E-state index in [1.54, 1.807) is 24.3 Å². The molecule has 130 valence electrons. The molecule has 1 N–H and O–H groups in total. The van der Waals surface area contributed by atoms with Crippen LogP contribution in [0.3, 0.4) is 0 Å². The third-order valence-electron chi connectivity index (χ3n) is 4.16. The van der Waals surface area contributed by atoms with Crippen LogP contribution in [0.4, 0.5) is 5.69 Å². The smallest absolute Gasteiger partial charge is 0.253 e. The van der Waals surface area contributed by atoms with Crippen LogP contribution in [0.25, 0.3) is 0 Å². The number of nitrogens with zero attached hydrogens (tertiary/aromatic N) is 2. The fraction of sp³-hybridized carbons (Fsp3) is 0.263. The maximum absolute atomic E-state index is 12.4. The number of benzene rings is 2. The number of amides is 2. The van der Waals surface area contributed by atoms with Gasteiger partial charge in [-0.25, -0.2) is 0 Å². The first-order chi connectivity index (χ1) is 12.1. The number of anilines is 1. The minimum atomic E-state index is -0.0786. The molecule has 0 spiro atoms. The zero-order valence-corrected chi connectivity index (χ0v) is 14.6. The summed E-state index contributed by atoms with van der Waals surface area (Å²) in [5.41, 5.74) is 1.39. The van der Waals surface area contributed by atoms with E-state index in [0.29, 0.717) is 49.0 Å². The molecule has 5 nitrogen and oxygen atoms in total. The van der Waals surface area contributed by atoms with E-state index in [9.17, 15) is 9.59 Å². The summed E-state index contributed by atoms with van der Waals surface area (Å²) < 4.78 is 0. The predicted octanol–water partition coefficient (Wildman–Crippen LogP) is 2.74. The highest BCUT2D eigenvalue weighted by atomic mass is 35.5. The second-order valence-corrected chi connectivity index (χ2v) is 6.43. The van der Waals surface area contributed by atoms with Gasteiger partial charge in [-0.2, -0.15) is 0 Å². The Labute approximate surface area is 152 Å². The summed E-state index contributed by atoms with van der Waals surface area (Å²) in [6.45, 7) is 2.92. The molecule has 6 heteroatoms. The van der Waals surface area contributed by atoms with Crippen molar-refractivity contribution in [1.29, 1.82) is 0 Å². The summed E-state index contributed by atoms with van der Waals surface area (Å²) in [6, 6.07) is 16.4. The SMILES string of the molecule is O=C(CN1CCN(C(=O)c2ccccc2)CC1)Nc1cccc(Cl)c1. The number of carbonyl (C=O) groups is 2. The van der Waals surface area contributed by atoms with Gasteiger partial charge in [0.15, 0.2) is 0 Å². The Morgan fingerprint density at radius 1 is 0.960 bits per heavy atom. The van der Waals surface area contributed by atoms with Gasteiger partial charge >= 0.3 is 0 Å². The molecule has 25 heavy (non-hydrogen) atoms. The highest BCUT2D eigenvalue weighted by Crippen LogP contribution is 2.15. The topological polar surface area (TPSA) is 52.7 Å². The fourth-order valence-electron chi connectivity index (χ4n) is 2.84. The Bertz CT molecular complexity index is 743. The van der Waals surface area contributed by atoms with Gasteiger partial charge in [-0.15, -0.1) is 0 Å². The van der Waals surface area contributed by atoms with Crippen LogP contribution >= 0.6 is 11.6 Å². The monoisotopic (exact) mass is 357 g/mol. The van der Waals surface area contributed by atoms with Crippen molar-refractivity contribution in [2.45, 2.75) is 0 Å². The first-order valence-electron chi connectivity index (χ1n) is 8.24. The molecular formula is C19H20ClN3O2. The van der Waals surface area contributed by atoms with Gasteiger partial charge in [-0.1, -0.05) is 35.9 Å². The number of rotatable bonds is 4. The minimum Gasteiger partial charge on any atom is -0.336 e. The molecule has 0 bridgehead atoms. The molecule has 1 aliphatic rings. The molecule has 0 unspecified atom stereocenters. The van der Waals surface area contributed by atoms with Crippen molar-refractivity contribution in [3.05, 3.63) is 65.2 Å². The number of halogens is 1. The van der Waals surface area contributed by atoms with Gasteiger partial charge < -0.3 is 10.2 Å². The summed E-state index contributed by atoms with van der Waals surface area (Å²) in [5.74, 6) is -0.0336. The molecule has 0 saturated carbocycles. The highest BCUT2D eigenvalue weighted by Gasteiger charge is 2.23. The molecule has 2 aromatic rings. The second kappa shape index (κ2) is 8.14. The zero-order chi connectivity index (χ0) is 17.6. The minimum absolute atomic E-state index is 0.0450. The van der Waals surface area contributed by atoms with Crippen LogP contribution in [0.15, 0.2) is 54.6 Å². The molecule has 0 aromatic heterocycles. The van der Waals surface area contributed by atoms with Gasteiger partial charge in [0.1, 0.15) is 0 Å². The molecule has 2 amide bonds. The molecule has 1 heterocycles. The summed E-state index contributed by atoms with van der Waals surface area (Å²) in [5, 5.41) is 3.43. The zero-order valence-electron chi connectivity index (χ0n) is 13.8. The molecule has 0 aliphatic carbocycles. The third kappa shape index (κ3) is 4.81. The van der Waals surface area contributed by atoms with Gasteiger partial charge in [0.05, 0.1) is 6.54 Å². The van der Waals surface area contributed by atoms with E-state index in [-0.39, 0.29) is 11.8 Å². The third-order valence-corrected chi connectivity index (χ3v) is 4.39. The Morgan fingerprint density at radius 2 is 1.68 bits per heavy atom. The van der Waals surface area contributed by atoms with E-state index in [1.165, 1.54) is 0 Å². The average molecular weight is 358 g/mol. The Balaban J connectivity index is 1.47. The van der Waals surface area contributed by atoms with Crippen molar-refractivity contribution in [1.82, 2.24) is 9.80 Å². The number of hydrogen-bond donors (Lipinski definition) is 1. The molecule has 2 aromatic carbocycles. The summed E-state index contributed by atoms with van der Waals surface area (Å²) in [7, 11) is 0. The molecule has 1 fully saturated rings. The lowest BCUT2D eigenvalue weighted by atomic mass is 10.2. The predicted molar refractivity (Wildman–Crippen MR) is 98.9 cm³/mol. The molecule has 0 radical (unpaired) electrons. The van der Waals surface area contributed by atoms with Crippen molar-refractivity contribution < 1.29 is 9.59 Å². The van der Waals surface area contributed by atoms with Crippen LogP contribution in [0.1, 0.15) is 10.4 Å². The number of nitrogens with one attached hydrogen (secondary N) is 1. The van der Waals surface area contributed by atoms with Gasteiger partial charge in [-0.3, -0.25) is 14.5 Å². The highest BCUT2D eigenvalue weighted by molar-refractivity contribution is 6.30. The summed E-state index contributed by atoms with van der Waals surface area (Å²) in [4.78, 5) is 28.5. The molecule has 1 saturated heterocycles. The van der Waals surface area contributed by atoms with Crippen LogP contribution in [-0.2, 0) is 4.79 Å². The van der Waals surface area contributed by atoms with Crippen molar-refractivity contribution in [2.24, 2.45) is 0 Å². The lowest BCUT2D eigenvalue weighted by Crippen LogP contribution is -2.50. The number of carbonyl (C=O) groups excluding carboxylic acids is 2. The average Bonchev–Trinajstić information content (AvgIpc) is 2.62. The van der Waals surface area contributed by atoms with Crippen molar-refractivity contribution >= 4 is 29.1 Å². The van der Waals surface area contributed by atoms with Crippen molar-refractivity contribution in [2.75, 3.05) is 38.0 Å². The number of piperazine rings is 1. The lowest BCUT2D eigenvalue weighted by Gasteiger charge is -2.34. The summed E-state index contributed by atoms with van der Waals surface area (Å²) in [6.07, 6.45) is 0.